The Labute approximate surface area is 158 Å². The maximum Gasteiger partial charge on any atom is 0.225 e. The summed E-state index contributed by atoms with van der Waals surface area (Å²) in [6.45, 7) is 4.77. The van der Waals surface area contributed by atoms with Crippen molar-refractivity contribution in [2.45, 2.75) is 46.0 Å². The van der Waals surface area contributed by atoms with Crippen molar-refractivity contribution >= 4 is 22.2 Å². The number of amides is 1. The fourth-order valence-corrected chi connectivity index (χ4v) is 4.58. The summed E-state index contributed by atoms with van der Waals surface area (Å²) < 4.78 is 5.65. The number of anilines is 1. The number of nitrogens with zero attached hydrogens (tertiary/aromatic N) is 1. The van der Waals surface area contributed by atoms with Crippen LogP contribution in [-0.2, 0) is 17.6 Å². The maximum absolute atomic E-state index is 12.2. The van der Waals surface area contributed by atoms with Gasteiger partial charge in [-0.3, -0.25) is 4.79 Å². The van der Waals surface area contributed by atoms with Gasteiger partial charge in [-0.25, -0.2) is 0 Å². The van der Waals surface area contributed by atoms with E-state index in [2.05, 4.69) is 18.3 Å². The summed E-state index contributed by atoms with van der Waals surface area (Å²) in [5.74, 6) is 1.42. The minimum Gasteiger partial charge on any atom is -0.494 e. The van der Waals surface area contributed by atoms with Crippen LogP contribution >= 0.6 is 11.3 Å². The Balaban J connectivity index is 1.50. The van der Waals surface area contributed by atoms with Gasteiger partial charge in [0.15, 0.2) is 0 Å². The van der Waals surface area contributed by atoms with Crippen molar-refractivity contribution in [3.8, 4) is 11.8 Å². The third-order valence-corrected chi connectivity index (χ3v) is 5.88. The number of hydrogen-bond donors (Lipinski definition) is 1. The molecule has 0 saturated heterocycles. The molecule has 0 aliphatic heterocycles. The van der Waals surface area contributed by atoms with Crippen molar-refractivity contribution in [2.24, 2.45) is 5.92 Å². The number of hydrogen-bond acceptors (Lipinski definition) is 4. The van der Waals surface area contributed by atoms with E-state index in [1.165, 1.54) is 10.4 Å². The largest absolute Gasteiger partial charge is 0.494 e. The Bertz CT molecular complexity index is 818. The van der Waals surface area contributed by atoms with Crippen molar-refractivity contribution < 1.29 is 9.53 Å². The van der Waals surface area contributed by atoms with Crippen LogP contribution in [0, 0.1) is 24.2 Å². The monoisotopic (exact) mass is 368 g/mol. The van der Waals surface area contributed by atoms with E-state index in [4.69, 9.17) is 4.74 Å². The summed E-state index contributed by atoms with van der Waals surface area (Å²) in [7, 11) is 0. The van der Waals surface area contributed by atoms with Crippen LogP contribution in [0.1, 0.15) is 47.8 Å². The highest BCUT2D eigenvalue weighted by Crippen LogP contribution is 2.39. The first-order valence-corrected chi connectivity index (χ1v) is 9.92. The third kappa shape index (κ3) is 4.44. The lowest BCUT2D eigenvalue weighted by molar-refractivity contribution is -0.116. The fourth-order valence-electron chi connectivity index (χ4n) is 3.20. The Kier molecular flexibility index (Phi) is 5.95. The van der Waals surface area contributed by atoms with Crippen LogP contribution in [0.2, 0.25) is 0 Å². The number of aryl methyl sites for hydroxylation is 1. The second kappa shape index (κ2) is 8.37. The highest BCUT2D eigenvalue weighted by atomic mass is 32.1. The van der Waals surface area contributed by atoms with E-state index < -0.39 is 0 Å². The van der Waals surface area contributed by atoms with E-state index in [1.807, 2.05) is 31.2 Å². The second-order valence-electron chi connectivity index (χ2n) is 6.98. The van der Waals surface area contributed by atoms with Crippen LogP contribution < -0.4 is 10.1 Å². The summed E-state index contributed by atoms with van der Waals surface area (Å²) in [6, 6.07) is 10.2. The van der Waals surface area contributed by atoms with Crippen LogP contribution in [0.25, 0.3) is 0 Å². The molecule has 0 fully saturated rings. The SMILES string of the molecule is Cc1ccc(OCCCC(=O)Nc2sc3c(c2C#N)CC[C@H](C)C3)cc1. The van der Waals surface area contributed by atoms with E-state index in [1.54, 1.807) is 11.3 Å². The number of carbonyl (C=O) groups is 1. The topological polar surface area (TPSA) is 62.1 Å². The highest BCUT2D eigenvalue weighted by Gasteiger charge is 2.24. The number of nitriles is 1. The van der Waals surface area contributed by atoms with Crippen LogP contribution in [0.15, 0.2) is 24.3 Å². The maximum atomic E-state index is 12.2. The van der Waals surface area contributed by atoms with Gasteiger partial charge in [-0.05, 0) is 56.2 Å². The quantitative estimate of drug-likeness (QED) is 0.741. The Hall–Kier alpha value is -2.32. The van der Waals surface area contributed by atoms with E-state index >= 15 is 0 Å². The lowest BCUT2D eigenvalue weighted by Crippen LogP contribution is -2.13. The molecular formula is C21H24N2O2S. The number of carbonyl (C=O) groups excluding carboxylic acids is 1. The molecule has 0 bridgehead atoms. The predicted octanol–water partition coefficient (Wildman–Crippen LogP) is 4.85. The molecule has 1 amide bonds. The molecular weight excluding hydrogens is 344 g/mol. The van der Waals surface area contributed by atoms with Crippen molar-refractivity contribution in [2.75, 3.05) is 11.9 Å². The molecule has 1 N–H and O–H groups in total. The average molecular weight is 369 g/mol. The highest BCUT2D eigenvalue weighted by molar-refractivity contribution is 7.16. The summed E-state index contributed by atoms with van der Waals surface area (Å²) >= 11 is 1.57. The molecule has 136 valence electrons. The molecule has 1 aromatic heterocycles. The van der Waals surface area contributed by atoms with Gasteiger partial charge in [-0.15, -0.1) is 11.3 Å². The molecule has 0 saturated carbocycles. The third-order valence-electron chi connectivity index (χ3n) is 4.71. The average Bonchev–Trinajstić information content (AvgIpc) is 2.96. The van der Waals surface area contributed by atoms with Gasteiger partial charge >= 0.3 is 0 Å². The van der Waals surface area contributed by atoms with Crippen molar-refractivity contribution in [1.29, 1.82) is 5.26 Å². The number of ether oxygens (including phenoxy) is 1. The van der Waals surface area contributed by atoms with Crippen LogP contribution in [0.3, 0.4) is 0 Å². The Morgan fingerprint density at radius 3 is 2.88 bits per heavy atom. The minimum absolute atomic E-state index is 0.0550. The zero-order chi connectivity index (χ0) is 18.5. The summed E-state index contributed by atoms with van der Waals surface area (Å²) in [4.78, 5) is 13.5. The van der Waals surface area contributed by atoms with Crippen LogP contribution in [0.4, 0.5) is 5.00 Å². The molecule has 0 spiro atoms. The van der Waals surface area contributed by atoms with E-state index in [9.17, 15) is 10.1 Å². The summed E-state index contributed by atoms with van der Waals surface area (Å²) in [5.41, 5.74) is 3.01. The van der Waals surface area contributed by atoms with Crippen LogP contribution in [0.5, 0.6) is 5.75 Å². The van der Waals surface area contributed by atoms with Crippen LogP contribution in [-0.4, -0.2) is 12.5 Å². The van der Waals surface area contributed by atoms with E-state index in [0.717, 1.165) is 35.6 Å². The molecule has 0 unspecified atom stereocenters. The van der Waals surface area contributed by atoms with Gasteiger partial charge in [0.05, 0.1) is 12.2 Å². The van der Waals surface area contributed by atoms with Gasteiger partial charge in [0.1, 0.15) is 16.8 Å². The first kappa shape index (κ1) is 18.5. The summed E-state index contributed by atoms with van der Waals surface area (Å²) in [6.07, 6.45) is 4.09. The Morgan fingerprint density at radius 1 is 1.38 bits per heavy atom. The van der Waals surface area contributed by atoms with Gasteiger partial charge in [-0.1, -0.05) is 24.6 Å². The number of thiophene rings is 1. The van der Waals surface area contributed by atoms with Gasteiger partial charge in [-0.2, -0.15) is 5.26 Å². The van der Waals surface area contributed by atoms with Gasteiger partial charge in [0, 0.05) is 11.3 Å². The minimum atomic E-state index is -0.0550. The molecule has 0 radical (unpaired) electrons. The lowest BCUT2D eigenvalue weighted by Gasteiger charge is -2.17. The predicted molar refractivity (Wildman–Crippen MR) is 105 cm³/mol. The fraction of sp³-hybridized carbons (Fsp3) is 0.429. The molecule has 1 aliphatic rings. The number of fused-ring (bicyclic) bond motifs is 1. The normalized spacial score (nSPS) is 15.8. The molecule has 2 aromatic rings. The second-order valence-corrected chi connectivity index (χ2v) is 8.09. The molecule has 1 heterocycles. The molecule has 1 aliphatic carbocycles. The number of nitrogens with one attached hydrogen (secondary N) is 1. The molecule has 5 heteroatoms. The molecule has 26 heavy (non-hydrogen) atoms. The Morgan fingerprint density at radius 2 is 2.15 bits per heavy atom. The number of rotatable bonds is 6. The molecule has 1 atom stereocenters. The van der Waals surface area contributed by atoms with Crippen molar-refractivity contribution in [3.05, 3.63) is 45.8 Å². The van der Waals surface area contributed by atoms with E-state index in [-0.39, 0.29) is 5.91 Å². The lowest BCUT2D eigenvalue weighted by atomic mass is 9.89. The summed E-state index contributed by atoms with van der Waals surface area (Å²) in [5, 5.41) is 13.1. The zero-order valence-electron chi connectivity index (χ0n) is 15.3. The first-order chi connectivity index (χ1) is 12.6. The zero-order valence-corrected chi connectivity index (χ0v) is 16.1. The number of benzene rings is 1. The van der Waals surface area contributed by atoms with Crippen molar-refractivity contribution in [1.82, 2.24) is 0 Å². The van der Waals surface area contributed by atoms with E-state index in [0.29, 0.717) is 30.9 Å². The smallest absolute Gasteiger partial charge is 0.225 e. The first-order valence-electron chi connectivity index (χ1n) is 9.10. The van der Waals surface area contributed by atoms with Crippen molar-refractivity contribution in [3.63, 3.8) is 0 Å². The standard InChI is InChI=1S/C21H24N2O2S/c1-14-5-8-16(9-6-14)25-11-3-4-20(24)23-21-18(13-22)17-10-7-15(2)12-19(17)26-21/h5-6,8-9,15H,3-4,7,10-12H2,1-2H3,(H,23,24)/t15-/m0/s1. The molecule has 1 aromatic carbocycles. The molecule has 4 nitrogen and oxygen atoms in total. The van der Waals surface area contributed by atoms with Gasteiger partial charge in [0.25, 0.3) is 0 Å². The van der Waals surface area contributed by atoms with Gasteiger partial charge in [0.2, 0.25) is 5.91 Å². The van der Waals surface area contributed by atoms with Gasteiger partial charge < -0.3 is 10.1 Å². The molecule has 3 rings (SSSR count).